The second-order valence-electron chi connectivity index (χ2n) is 11.2. The third kappa shape index (κ3) is 8.99. The molecule has 2 unspecified atom stereocenters. The Balaban J connectivity index is 1.35. The standard InChI is InChI=1S/C40H36O7S/c41-38(31-20-10-3-11-21-31)45-28-34-35(43-26-29-16-6-1-7-17-29)36(44-27-30-18-8-2-9-19-30)37(47-39(42)32-22-12-4-13-23-32)40(46-34)48-33-24-14-5-15-25-33/h1-25,34-37,40H,26-28H2/t34?,35-,36-,37?,40+/m0/s1. The lowest BCUT2D eigenvalue weighted by atomic mass is 9.98. The molecule has 244 valence electrons. The van der Waals surface area contributed by atoms with Crippen molar-refractivity contribution in [2.75, 3.05) is 6.61 Å². The monoisotopic (exact) mass is 660 g/mol. The van der Waals surface area contributed by atoms with Crippen molar-refractivity contribution >= 4 is 23.7 Å². The highest BCUT2D eigenvalue weighted by Crippen LogP contribution is 2.38. The largest absolute Gasteiger partial charge is 0.459 e. The lowest BCUT2D eigenvalue weighted by Crippen LogP contribution is -2.60. The molecule has 6 rings (SSSR count). The predicted molar refractivity (Wildman–Crippen MR) is 183 cm³/mol. The summed E-state index contributed by atoms with van der Waals surface area (Å²) in [6, 6.07) is 46.9. The Morgan fingerprint density at radius 3 is 1.54 bits per heavy atom. The molecule has 5 aromatic rings. The third-order valence-corrected chi connectivity index (χ3v) is 8.95. The fraction of sp³-hybridized carbons (Fsp3) is 0.200. The lowest BCUT2D eigenvalue weighted by Gasteiger charge is -2.45. The first-order valence-electron chi connectivity index (χ1n) is 15.8. The van der Waals surface area contributed by atoms with Crippen LogP contribution in [0.4, 0.5) is 0 Å². The second kappa shape index (κ2) is 16.9. The molecule has 7 nitrogen and oxygen atoms in total. The second-order valence-corrected chi connectivity index (χ2v) is 12.4. The van der Waals surface area contributed by atoms with E-state index in [-0.39, 0.29) is 19.8 Å². The fourth-order valence-corrected chi connectivity index (χ4v) is 6.50. The van der Waals surface area contributed by atoms with Crippen LogP contribution in [-0.2, 0) is 36.9 Å². The molecular formula is C40H36O7S. The molecule has 1 aliphatic heterocycles. The molecule has 0 aromatic heterocycles. The smallest absolute Gasteiger partial charge is 0.338 e. The number of thioether (sulfide) groups is 1. The summed E-state index contributed by atoms with van der Waals surface area (Å²) in [6.45, 7) is 0.359. The summed E-state index contributed by atoms with van der Waals surface area (Å²) in [7, 11) is 0. The van der Waals surface area contributed by atoms with E-state index in [0.29, 0.717) is 11.1 Å². The highest BCUT2D eigenvalue weighted by Gasteiger charge is 2.50. The van der Waals surface area contributed by atoms with Gasteiger partial charge in [-0.3, -0.25) is 0 Å². The van der Waals surface area contributed by atoms with Crippen molar-refractivity contribution in [3.63, 3.8) is 0 Å². The minimum atomic E-state index is -0.895. The number of hydrogen-bond acceptors (Lipinski definition) is 8. The van der Waals surface area contributed by atoms with E-state index in [1.807, 2.05) is 103 Å². The van der Waals surface area contributed by atoms with Crippen molar-refractivity contribution in [1.29, 1.82) is 0 Å². The molecule has 0 spiro atoms. The number of carbonyl (C=O) groups is 2. The molecule has 5 aromatic carbocycles. The van der Waals surface area contributed by atoms with Crippen LogP contribution in [0.2, 0.25) is 0 Å². The summed E-state index contributed by atoms with van der Waals surface area (Å²) in [5.74, 6) is -0.986. The molecule has 1 aliphatic rings. The highest BCUT2D eigenvalue weighted by atomic mass is 32.2. The fourth-order valence-electron chi connectivity index (χ4n) is 5.37. The SMILES string of the molecule is O=C(OCC1O[C@H](Sc2ccccc2)C(OC(=O)c2ccccc2)[C@@H](OCc2ccccc2)[C@H]1OCc1ccccc1)c1ccccc1. The van der Waals surface area contributed by atoms with Gasteiger partial charge < -0.3 is 23.7 Å². The minimum Gasteiger partial charge on any atom is -0.459 e. The maximum atomic E-state index is 13.6. The number of ether oxygens (including phenoxy) is 5. The molecule has 1 fully saturated rings. The van der Waals surface area contributed by atoms with Crippen LogP contribution in [0.25, 0.3) is 0 Å². The van der Waals surface area contributed by atoms with Crippen LogP contribution in [0.3, 0.4) is 0 Å². The Kier molecular flexibility index (Phi) is 11.7. The van der Waals surface area contributed by atoms with Gasteiger partial charge in [-0.2, -0.15) is 0 Å². The average Bonchev–Trinajstić information content (AvgIpc) is 3.15. The summed E-state index contributed by atoms with van der Waals surface area (Å²) in [5.41, 5.74) is 1.99. The summed E-state index contributed by atoms with van der Waals surface area (Å²) in [5, 5.41) is 0. The van der Waals surface area contributed by atoms with Gasteiger partial charge in [0.2, 0.25) is 0 Å². The Hall–Kier alpha value is -4.73. The maximum Gasteiger partial charge on any atom is 0.338 e. The minimum absolute atomic E-state index is 0.108. The molecule has 1 heterocycles. The van der Waals surface area contributed by atoms with Crippen LogP contribution in [0.15, 0.2) is 157 Å². The summed E-state index contributed by atoms with van der Waals surface area (Å²) < 4.78 is 32.1. The topological polar surface area (TPSA) is 80.3 Å². The Morgan fingerprint density at radius 2 is 1.00 bits per heavy atom. The van der Waals surface area contributed by atoms with Crippen molar-refractivity contribution in [3.8, 4) is 0 Å². The molecule has 0 N–H and O–H groups in total. The van der Waals surface area contributed by atoms with Crippen LogP contribution in [0.5, 0.6) is 0 Å². The molecular weight excluding hydrogens is 625 g/mol. The maximum absolute atomic E-state index is 13.6. The van der Waals surface area contributed by atoms with E-state index in [1.165, 1.54) is 11.8 Å². The van der Waals surface area contributed by atoms with E-state index in [1.54, 1.807) is 48.5 Å². The zero-order valence-electron chi connectivity index (χ0n) is 26.2. The zero-order chi connectivity index (χ0) is 33.0. The summed E-state index contributed by atoms with van der Waals surface area (Å²) in [6.07, 6.45) is -3.22. The number of benzene rings is 5. The van der Waals surface area contributed by atoms with Crippen LogP contribution in [-0.4, -0.2) is 48.4 Å². The first kappa shape index (κ1) is 33.2. The molecule has 0 radical (unpaired) electrons. The Morgan fingerprint density at radius 1 is 0.542 bits per heavy atom. The molecule has 0 saturated carbocycles. The van der Waals surface area contributed by atoms with Gasteiger partial charge >= 0.3 is 11.9 Å². The lowest BCUT2D eigenvalue weighted by molar-refractivity contribution is -0.239. The van der Waals surface area contributed by atoms with Gasteiger partial charge in [0.05, 0.1) is 24.3 Å². The van der Waals surface area contributed by atoms with Crippen LogP contribution in [0, 0.1) is 0 Å². The zero-order valence-corrected chi connectivity index (χ0v) is 27.0. The highest BCUT2D eigenvalue weighted by molar-refractivity contribution is 7.99. The summed E-state index contributed by atoms with van der Waals surface area (Å²) >= 11 is 1.41. The average molecular weight is 661 g/mol. The van der Waals surface area contributed by atoms with Crippen molar-refractivity contribution in [3.05, 3.63) is 174 Å². The van der Waals surface area contributed by atoms with Gasteiger partial charge in [0.15, 0.2) is 6.10 Å². The summed E-state index contributed by atoms with van der Waals surface area (Å²) in [4.78, 5) is 27.6. The van der Waals surface area contributed by atoms with Gasteiger partial charge in [-0.25, -0.2) is 9.59 Å². The van der Waals surface area contributed by atoms with E-state index < -0.39 is 41.8 Å². The first-order chi connectivity index (χ1) is 23.6. The van der Waals surface area contributed by atoms with Crippen molar-refractivity contribution in [1.82, 2.24) is 0 Å². The molecule has 0 amide bonds. The molecule has 0 aliphatic carbocycles. The van der Waals surface area contributed by atoms with E-state index in [0.717, 1.165) is 16.0 Å². The Labute approximate surface area is 284 Å². The third-order valence-electron chi connectivity index (χ3n) is 7.80. The predicted octanol–water partition coefficient (Wildman–Crippen LogP) is 7.76. The van der Waals surface area contributed by atoms with Crippen molar-refractivity contribution in [2.24, 2.45) is 0 Å². The van der Waals surface area contributed by atoms with Gasteiger partial charge in [-0.05, 0) is 47.5 Å². The first-order valence-corrected chi connectivity index (χ1v) is 16.7. The molecule has 48 heavy (non-hydrogen) atoms. The number of esters is 2. The van der Waals surface area contributed by atoms with E-state index in [9.17, 15) is 9.59 Å². The number of rotatable bonds is 13. The van der Waals surface area contributed by atoms with Crippen LogP contribution >= 0.6 is 11.8 Å². The van der Waals surface area contributed by atoms with Crippen LogP contribution in [0.1, 0.15) is 31.8 Å². The quantitative estimate of drug-likeness (QED) is 0.119. The Bertz CT molecular complexity index is 1710. The van der Waals surface area contributed by atoms with Gasteiger partial charge in [-0.15, -0.1) is 0 Å². The number of carbonyl (C=O) groups excluding carboxylic acids is 2. The van der Waals surface area contributed by atoms with E-state index >= 15 is 0 Å². The molecule has 5 atom stereocenters. The van der Waals surface area contributed by atoms with Crippen molar-refractivity contribution in [2.45, 2.75) is 48.0 Å². The van der Waals surface area contributed by atoms with E-state index in [2.05, 4.69) is 0 Å². The molecule has 8 heteroatoms. The van der Waals surface area contributed by atoms with Gasteiger partial charge in [0.25, 0.3) is 0 Å². The van der Waals surface area contributed by atoms with Crippen molar-refractivity contribution < 1.29 is 33.3 Å². The van der Waals surface area contributed by atoms with Gasteiger partial charge in [-0.1, -0.05) is 127 Å². The van der Waals surface area contributed by atoms with E-state index in [4.69, 9.17) is 23.7 Å². The normalized spacial score (nSPS) is 20.5. The molecule has 1 saturated heterocycles. The molecule has 0 bridgehead atoms. The van der Waals surface area contributed by atoms with Crippen LogP contribution < -0.4 is 0 Å². The number of hydrogen-bond donors (Lipinski definition) is 0. The van der Waals surface area contributed by atoms with Gasteiger partial charge in [0.1, 0.15) is 30.4 Å². The van der Waals surface area contributed by atoms with Gasteiger partial charge in [0, 0.05) is 4.90 Å².